The standard InChI is InChI=1S/C19H18ClN2.ClH/c20-17-10-5-4-9-16(17)13-21-14-18(15-7-2-1-3-8-15)22-12-6-11-19(21)22;/h1-5,7-10,14H,6,11-13H2;1H/q+1;/p-1. The predicted octanol–water partition coefficient (Wildman–Crippen LogP) is 1.09. The third kappa shape index (κ3) is 3.01. The van der Waals surface area contributed by atoms with Gasteiger partial charge in [-0.05, 0) is 12.5 Å². The average Bonchev–Trinajstić information content (AvgIpc) is 3.14. The Labute approximate surface area is 147 Å². The van der Waals surface area contributed by atoms with Crippen LogP contribution in [0.25, 0.3) is 11.3 Å². The molecule has 0 fully saturated rings. The second-order valence-electron chi connectivity index (χ2n) is 5.77. The molecule has 0 radical (unpaired) electrons. The van der Waals surface area contributed by atoms with E-state index in [0.29, 0.717) is 0 Å². The van der Waals surface area contributed by atoms with E-state index in [2.05, 4.69) is 57.8 Å². The highest BCUT2D eigenvalue weighted by molar-refractivity contribution is 6.31. The maximum Gasteiger partial charge on any atom is 0.257 e. The summed E-state index contributed by atoms with van der Waals surface area (Å²) in [5, 5.41) is 0.842. The molecule has 4 heteroatoms. The molecule has 0 saturated carbocycles. The smallest absolute Gasteiger partial charge is 0.257 e. The highest BCUT2D eigenvalue weighted by atomic mass is 35.5. The van der Waals surface area contributed by atoms with E-state index in [1.807, 2.05) is 12.1 Å². The van der Waals surface area contributed by atoms with E-state index in [9.17, 15) is 0 Å². The first kappa shape index (κ1) is 16.1. The van der Waals surface area contributed by atoms with Crippen LogP contribution in [0.5, 0.6) is 0 Å². The number of hydrogen-bond donors (Lipinski definition) is 0. The quantitative estimate of drug-likeness (QED) is 0.629. The molecule has 0 atom stereocenters. The Kier molecular flexibility index (Phi) is 4.74. The molecule has 4 rings (SSSR count). The summed E-state index contributed by atoms with van der Waals surface area (Å²) in [6, 6.07) is 18.7. The van der Waals surface area contributed by atoms with Crippen molar-refractivity contribution in [2.24, 2.45) is 0 Å². The molecule has 2 aromatic carbocycles. The van der Waals surface area contributed by atoms with Crippen LogP contribution in [0.2, 0.25) is 5.02 Å². The van der Waals surface area contributed by atoms with Crippen LogP contribution >= 0.6 is 11.6 Å². The lowest BCUT2D eigenvalue weighted by Gasteiger charge is -2.02. The SMILES string of the molecule is Clc1ccccc1C[n+]1cc(-c2ccccc2)n2c1CCC2.[Cl-]. The van der Waals surface area contributed by atoms with Gasteiger partial charge >= 0.3 is 0 Å². The first-order valence-corrected chi connectivity index (χ1v) is 8.11. The van der Waals surface area contributed by atoms with Crippen LogP contribution in [0.1, 0.15) is 17.8 Å². The molecule has 0 unspecified atom stereocenters. The predicted molar refractivity (Wildman–Crippen MR) is 88.9 cm³/mol. The van der Waals surface area contributed by atoms with Crippen molar-refractivity contribution in [3.8, 4) is 11.3 Å². The molecule has 0 amide bonds. The summed E-state index contributed by atoms with van der Waals surface area (Å²) in [5.41, 5.74) is 3.76. The Morgan fingerprint density at radius 2 is 1.74 bits per heavy atom. The van der Waals surface area contributed by atoms with Gasteiger partial charge < -0.3 is 12.4 Å². The van der Waals surface area contributed by atoms with Gasteiger partial charge in [0.05, 0.1) is 13.0 Å². The maximum absolute atomic E-state index is 6.33. The van der Waals surface area contributed by atoms with Gasteiger partial charge in [0.1, 0.15) is 12.7 Å². The van der Waals surface area contributed by atoms with Crippen molar-refractivity contribution in [2.75, 3.05) is 0 Å². The van der Waals surface area contributed by atoms with Crippen LogP contribution in [-0.4, -0.2) is 4.57 Å². The van der Waals surface area contributed by atoms with Crippen molar-refractivity contribution < 1.29 is 17.0 Å². The second kappa shape index (κ2) is 6.77. The van der Waals surface area contributed by atoms with Crippen molar-refractivity contribution in [3.05, 3.63) is 77.2 Å². The first-order valence-electron chi connectivity index (χ1n) is 7.73. The van der Waals surface area contributed by atoms with Crippen LogP contribution in [0, 0.1) is 0 Å². The van der Waals surface area contributed by atoms with Gasteiger partial charge in [-0.25, -0.2) is 9.13 Å². The van der Waals surface area contributed by atoms with Crippen molar-refractivity contribution in [1.82, 2.24) is 4.57 Å². The summed E-state index contributed by atoms with van der Waals surface area (Å²) in [6.07, 6.45) is 4.63. The Morgan fingerprint density at radius 3 is 2.52 bits per heavy atom. The Morgan fingerprint density at radius 1 is 1.00 bits per heavy atom. The molecule has 0 bridgehead atoms. The third-order valence-electron chi connectivity index (χ3n) is 4.36. The van der Waals surface area contributed by atoms with Crippen molar-refractivity contribution in [3.63, 3.8) is 0 Å². The topological polar surface area (TPSA) is 8.81 Å². The monoisotopic (exact) mass is 344 g/mol. The Balaban J connectivity index is 0.00000156. The number of halogens is 2. The van der Waals surface area contributed by atoms with Crippen LogP contribution < -0.4 is 17.0 Å². The highest BCUT2D eigenvalue weighted by Crippen LogP contribution is 2.25. The zero-order valence-corrected chi connectivity index (χ0v) is 14.3. The Bertz CT molecular complexity index is 809. The van der Waals surface area contributed by atoms with Gasteiger partial charge in [0.2, 0.25) is 0 Å². The number of hydrogen-bond acceptors (Lipinski definition) is 0. The minimum atomic E-state index is 0. The zero-order valence-electron chi connectivity index (χ0n) is 12.8. The van der Waals surface area contributed by atoms with E-state index >= 15 is 0 Å². The minimum absolute atomic E-state index is 0. The fourth-order valence-corrected chi connectivity index (χ4v) is 3.49. The molecular weight excluding hydrogens is 327 g/mol. The lowest BCUT2D eigenvalue weighted by molar-refractivity contribution is -0.694. The molecule has 2 nitrogen and oxygen atoms in total. The molecule has 1 aliphatic rings. The van der Waals surface area contributed by atoms with Gasteiger partial charge in [-0.2, -0.15) is 0 Å². The number of imidazole rings is 1. The minimum Gasteiger partial charge on any atom is -1.00 e. The fraction of sp³-hybridized carbons (Fsp3) is 0.211. The molecule has 0 aliphatic carbocycles. The molecule has 1 aliphatic heterocycles. The number of benzene rings is 2. The van der Waals surface area contributed by atoms with E-state index in [4.69, 9.17) is 11.6 Å². The first-order chi connectivity index (χ1) is 10.8. The molecule has 3 aromatic rings. The number of fused-ring (bicyclic) bond motifs is 1. The molecule has 23 heavy (non-hydrogen) atoms. The fourth-order valence-electron chi connectivity index (χ4n) is 3.30. The molecular formula is C19H18Cl2N2. The number of rotatable bonds is 3. The van der Waals surface area contributed by atoms with Gasteiger partial charge in [-0.15, -0.1) is 0 Å². The van der Waals surface area contributed by atoms with Gasteiger partial charge in [0.25, 0.3) is 5.82 Å². The average molecular weight is 345 g/mol. The van der Waals surface area contributed by atoms with E-state index in [1.54, 1.807) is 0 Å². The summed E-state index contributed by atoms with van der Waals surface area (Å²) in [7, 11) is 0. The lowest BCUT2D eigenvalue weighted by Crippen LogP contribution is -3.00. The normalized spacial score (nSPS) is 12.7. The molecule has 2 heterocycles. The molecule has 0 N–H and O–H groups in total. The molecule has 1 aromatic heterocycles. The van der Waals surface area contributed by atoms with Gasteiger partial charge in [0, 0.05) is 16.1 Å². The van der Waals surface area contributed by atoms with Crippen molar-refractivity contribution in [2.45, 2.75) is 25.9 Å². The van der Waals surface area contributed by atoms with Crippen LogP contribution in [0.15, 0.2) is 60.8 Å². The largest absolute Gasteiger partial charge is 1.00 e. The van der Waals surface area contributed by atoms with Gasteiger partial charge in [-0.1, -0.05) is 60.1 Å². The highest BCUT2D eigenvalue weighted by Gasteiger charge is 2.28. The summed E-state index contributed by atoms with van der Waals surface area (Å²) >= 11 is 6.33. The summed E-state index contributed by atoms with van der Waals surface area (Å²) in [6.45, 7) is 1.94. The lowest BCUT2D eigenvalue weighted by atomic mass is 10.1. The van der Waals surface area contributed by atoms with Crippen LogP contribution in [-0.2, 0) is 19.5 Å². The molecule has 0 spiro atoms. The van der Waals surface area contributed by atoms with Crippen LogP contribution in [0.3, 0.4) is 0 Å². The van der Waals surface area contributed by atoms with Crippen molar-refractivity contribution >= 4 is 11.6 Å². The number of nitrogens with zero attached hydrogens (tertiary/aromatic N) is 2. The van der Waals surface area contributed by atoms with Gasteiger partial charge in [-0.3, -0.25) is 0 Å². The van der Waals surface area contributed by atoms with Crippen LogP contribution in [0.4, 0.5) is 0 Å². The summed E-state index contributed by atoms with van der Waals surface area (Å²) < 4.78 is 4.81. The summed E-state index contributed by atoms with van der Waals surface area (Å²) in [5.74, 6) is 1.40. The van der Waals surface area contributed by atoms with E-state index in [1.165, 1.54) is 29.1 Å². The summed E-state index contributed by atoms with van der Waals surface area (Å²) in [4.78, 5) is 0. The van der Waals surface area contributed by atoms with E-state index < -0.39 is 0 Å². The third-order valence-corrected chi connectivity index (χ3v) is 4.73. The maximum atomic E-state index is 6.33. The Hall–Kier alpha value is -1.77. The molecule has 118 valence electrons. The van der Waals surface area contributed by atoms with E-state index in [0.717, 1.165) is 24.5 Å². The zero-order chi connectivity index (χ0) is 14.9. The number of aromatic nitrogens is 2. The van der Waals surface area contributed by atoms with Gasteiger partial charge in [0.15, 0.2) is 5.69 Å². The van der Waals surface area contributed by atoms with E-state index in [-0.39, 0.29) is 12.4 Å². The van der Waals surface area contributed by atoms with Crippen molar-refractivity contribution in [1.29, 1.82) is 0 Å². The molecule has 0 saturated heterocycles. The second-order valence-corrected chi connectivity index (χ2v) is 6.18.